The molecule has 0 unspecified atom stereocenters. The molecule has 0 saturated heterocycles. The topological polar surface area (TPSA) is 83.0 Å². The van der Waals surface area contributed by atoms with Crippen LogP contribution in [0.15, 0.2) is 54.6 Å². The fraction of sp³-hybridized carbons (Fsp3) is 0.250. The second-order valence-corrected chi connectivity index (χ2v) is 6.68. The van der Waals surface area contributed by atoms with E-state index in [0.717, 1.165) is 5.56 Å². The number of carbonyl (C=O) groups is 1. The molecule has 1 aliphatic carbocycles. The van der Waals surface area contributed by atoms with Crippen molar-refractivity contribution in [1.82, 2.24) is 14.8 Å². The molecule has 0 radical (unpaired) electrons. The third-order valence-electron chi connectivity index (χ3n) is 4.72. The Bertz CT molecular complexity index is 950. The summed E-state index contributed by atoms with van der Waals surface area (Å²) in [7, 11) is 0. The van der Waals surface area contributed by atoms with Crippen molar-refractivity contribution in [2.24, 2.45) is 5.73 Å². The molecular weight excluding hydrogens is 347 g/mol. The molecule has 27 heavy (non-hydrogen) atoms. The fourth-order valence-corrected chi connectivity index (χ4v) is 3.05. The van der Waals surface area contributed by atoms with Gasteiger partial charge >= 0.3 is 0 Å². The van der Waals surface area contributed by atoms with E-state index in [-0.39, 0.29) is 18.3 Å². The molecular formula is C20H19FN4O2. The lowest BCUT2D eigenvalue weighted by Crippen LogP contribution is -2.31. The first-order valence-corrected chi connectivity index (χ1v) is 8.73. The molecule has 4 rings (SSSR count). The van der Waals surface area contributed by atoms with Crippen LogP contribution in [0, 0.1) is 5.82 Å². The Morgan fingerprint density at radius 2 is 1.85 bits per heavy atom. The van der Waals surface area contributed by atoms with Crippen LogP contribution in [-0.4, -0.2) is 20.7 Å². The number of halogens is 1. The van der Waals surface area contributed by atoms with Crippen molar-refractivity contribution in [3.05, 3.63) is 77.6 Å². The van der Waals surface area contributed by atoms with Gasteiger partial charge in [0.2, 0.25) is 5.91 Å². The Kier molecular flexibility index (Phi) is 4.35. The lowest BCUT2D eigenvalue weighted by atomic mass is 10.1. The number of ether oxygens (including phenoxy) is 1. The zero-order valence-electron chi connectivity index (χ0n) is 14.6. The summed E-state index contributed by atoms with van der Waals surface area (Å²) < 4.78 is 20.4. The van der Waals surface area contributed by atoms with Gasteiger partial charge in [0.25, 0.3) is 0 Å². The van der Waals surface area contributed by atoms with Gasteiger partial charge in [-0.2, -0.15) is 5.10 Å². The maximum Gasteiger partial charge on any atom is 0.231 e. The first-order valence-electron chi connectivity index (χ1n) is 8.73. The second-order valence-electron chi connectivity index (χ2n) is 6.68. The number of benzene rings is 2. The Labute approximate surface area is 155 Å². The predicted octanol–water partition coefficient (Wildman–Crippen LogP) is 2.56. The second kappa shape index (κ2) is 6.83. The number of aromatic nitrogens is 3. The number of carbonyl (C=O) groups excluding carboxylic acids is 1. The SMILES string of the molecule is NC(=O)C1(c2nc(COc3ccc(F)cc3)nn2Cc2ccccc2)CC1. The lowest BCUT2D eigenvalue weighted by Gasteiger charge is -2.12. The van der Waals surface area contributed by atoms with Crippen LogP contribution >= 0.6 is 0 Å². The molecule has 1 aliphatic rings. The molecule has 0 bridgehead atoms. The summed E-state index contributed by atoms with van der Waals surface area (Å²) in [5.74, 6) is 0.852. The van der Waals surface area contributed by atoms with Crippen LogP contribution in [0.2, 0.25) is 0 Å². The molecule has 1 amide bonds. The van der Waals surface area contributed by atoms with Crippen LogP contribution in [0.5, 0.6) is 5.75 Å². The molecule has 1 heterocycles. The molecule has 0 spiro atoms. The maximum atomic E-state index is 13.0. The van der Waals surface area contributed by atoms with Gasteiger partial charge in [0, 0.05) is 0 Å². The van der Waals surface area contributed by atoms with Gasteiger partial charge < -0.3 is 10.5 Å². The van der Waals surface area contributed by atoms with Crippen LogP contribution in [0.4, 0.5) is 4.39 Å². The molecule has 1 aromatic heterocycles. The minimum Gasteiger partial charge on any atom is -0.486 e. The van der Waals surface area contributed by atoms with Crippen LogP contribution in [-0.2, 0) is 23.4 Å². The number of hydrogen-bond acceptors (Lipinski definition) is 4. The van der Waals surface area contributed by atoms with E-state index in [9.17, 15) is 9.18 Å². The minimum absolute atomic E-state index is 0.120. The third-order valence-corrected chi connectivity index (χ3v) is 4.72. The van der Waals surface area contributed by atoms with Gasteiger partial charge in [0.15, 0.2) is 5.82 Å². The monoisotopic (exact) mass is 366 g/mol. The van der Waals surface area contributed by atoms with E-state index in [1.165, 1.54) is 12.1 Å². The molecule has 1 saturated carbocycles. The summed E-state index contributed by atoms with van der Waals surface area (Å²) in [4.78, 5) is 16.5. The molecule has 1 fully saturated rings. The predicted molar refractivity (Wildman–Crippen MR) is 96.4 cm³/mol. The summed E-state index contributed by atoms with van der Waals surface area (Å²) in [5, 5.41) is 4.53. The normalized spacial score (nSPS) is 14.7. The summed E-state index contributed by atoms with van der Waals surface area (Å²) in [5.41, 5.74) is 5.94. The molecule has 0 aliphatic heterocycles. The smallest absolute Gasteiger partial charge is 0.231 e. The number of amides is 1. The number of primary amides is 1. The maximum absolute atomic E-state index is 13.0. The highest BCUT2D eigenvalue weighted by molar-refractivity contribution is 5.88. The molecule has 0 atom stereocenters. The Balaban J connectivity index is 1.59. The van der Waals surface area contributed by atoms with Crippen molar-refractivity contribution < 1.29 is 13.9 Å². The average molecular weight is 366 g/mol. The first kappa shape index (κ1) is 17.2. The molecule has 138 valence electrons. The highest BCUT2D eigenvalue weighted by Crippen LogP contribution is 2.47. The van der Waals surface area contributed by atoms with Crippen LogP contribution in [0.25, 0.3) is 0 Å². The quantitative estimate of drug-likeness (QED) is 0.697. The fourth-order valence-electron chi connectivity index (χ4n) is 3.05. The van der Waals surface area contributed by atoms with Crippen molar-refractivity contribution in [3.8, 4) is 5.75 Å². The van der Waals surface area contributed by atoms with Crippen LogP contribution in [0.1, 0.15) is 30.1 Å². The van der Waals surface area contributed by atoms with Crippen molar-refractivity contribution in [1.29, 1.82) is 0 Å². The van der Waals surface area contributed by atoms with Crippen molar-refractivity contribution in [2.45, 2.75) is 31.4 Å². The highest BCUT2D eigenvalue weighted by atomic mass is 19.1. The minimum atomic E-state index is -0.740. The van der Waals surface area contributed by atoms with E-state index in [1.54, 1.807) is 16.8 Å². The first-order chi connectivity index (χ1) is 13.1. The van der Waals surface area contributed by atoms with Gasteiger partial charge in [-0.1, -0.05) is 30.3 Å². The standard InChI is InChI=1S/C20H19FN4O2/c21-15-6-8-16(9-7-15)27-13-17-23-19(20(10-11-20)18(22)26)25(24-17)12-14-4-2-1-3-5-14/h1-9H,10-13H2,(H2,22,26). The van der Waals surface area contributed by atoms with Gasteiger partial charge in [-0.25, -0.2) is 14.1 Å². The molecule has 6 nitrogen and oxygen atoms in total. The zero-order valence-corrected chi connectivity index (χ0v) is 14.6. The highest BCUT2D eigenvalue weighted by Gasteiger charge is 2.54. The van der Waals surface area contributed by atoms with Crippen molar-refractivity contribution >= 4 is 5.91 Å². The van der Waals surface area contributed by atoms with Crippen LogP contribution in [0.3, 0.4) is 0 Å². The number of nitrogens with two attached hydrogens (primary N) is 1. The van der Waals surface area contributed by atoms with Crippen molar-refractivity contribution in [3.63, 3.8) is 0 Å². The van der Waals surface area contributed by atoms with E-state index >= 15 is 0 Å². The Hall–Kier alpha value is -3.22. The van der Waals surface area contributed by atoms with E-state index in [2.05, 4.69) is 10.1 Å². The third kappa shape index (κ3) is 3.53. The van der Waals surface area contributed by atoms with Crippen LogP contribution < -0.4 is 10.5 Å². The number of rotatable bonds is 7. The van der Waals surface area contributed by atoms with E-state index < -0.39 is 5.41 Å². The number of nitrogens with zero attached hydrogens (tertiary/aromatic N) is 3. The van der Waals surface area contributed by atoms with Crippen molar-refractivity contribution in [2.75, 3.05) is 0 Å². The molecule has 3 aromatic rings. The van der Waals surface area contributed by atoms with Gasteiger partial charge in [-0.05, 0) is 42.7 Å². The molecule has 2 N–H and O–H groups in total. The molecule has 2 aromatic carbocycles. The van der Waals surface area contributed by atoms with Gasteiger partial charge in [-0.15, -0.1) is 0 Å². The summed E-state index contributed by atoms with van der Waals surface area (Å²) >= 11 is 0. The van der Waals surface area contributed by atoms with Gasteiger partial charge in [-0.3, -0.25) is 4.79 Å². The largest absolute Gasteiger partial charge is 0.486 e. The summed E-state index contributed by atoms with van der Waals surface area (Å²) in [6.45, 7) is 0.615. The Morgan fingerprint density at radius 3 is 2.48 bits per heavy atom. The number of hydrogen-bond donors (Lipinski definition) is 1. The van der Waals surface area contributed by atoms with E-state index in [4.69, 9.17) is 10.5 Å². The zero-order chi connectivity index (χ0) is 18.9. The van der Waals surface area contributed by atoms with Gasteiger partial charge in [0.05, 0.1) is 6.54 Å². The average Bonchev–Trinajstić information content (AvgIpc) is 3.39. The summed E-state index contributed by atoms with van der Waals surface area (Å²) in [6, 6.07) is 15.6. The summed E-state index contributed by atoms with van der Waals surface area (Å²) in [6.07, 6.45) is 1.35. The van der Waals surface area contributed by atoms with E-state index in [1.807, 2.05) is 30.3 Å². The lowest BCUT2D eigenvalue weighted by molar-refractivity contribution is -0.120. The molecule has 7 heteroatoms. The van der Waals surface area contributed by atoms with E-state index in [0.29, 0.717) is 36.8 Å². The Morgan fingerprint density at radius 1 is 1.15 bits per heavy atom. The van der Waals surface area contributed by atoms with Gasteiger partial charge in [0.1, 0.15) is 29.4 Å².